The average molecular weight is 284 g/mol. The number of nitro benzene ring substituents is 1. The smallest absolute Gasteiger partial charge is 0.293 e. The van der Waals surface area contributed by atoms with Gasteiger partial charge in [0.2, 0.25) is 0 Å². The minimum atomic E-state index is -0.396. The van der Waals surface area contributed by atoms with Gasteiger partial charge in [0.25, 0.3) is 5.69 Å². The first-order valence-corrected chi connectivity index (χ1v) is 6.76. The van der Waals surface area contributed by atoms with Crippen LogP contribution in [0.3, 0.4) is 0 Å². The van der Waals surface area contributed by atoms with Crippen LogP contribution in [-0.2, 0) is 0 Å². The van der Waals surface area contributed by atoms with Crippen molar-refractivity contribution in [1.29, 1.82) is 0 Å². The molecule has 2 atom stereocenters. The van der Waals surface area contributed by atoms with E-state index in [4.69, 9.17) is 11.6 Å². The third-order valence-corrected chi connectivity index (χ3v) is 3.96. The first kappa shape index (κ1) is 14.1. The van der Waals surface area contributed by atoms with Gasteiger partial charge >= 0.3 is 0 Å². The lowest BCUT2D eigenvalue weighted by atomic mass is 9.98. The van der Waals surface area contributed by atoms with Gasteiger partial charge in [0.15, 0.2) is 0 Å². The molecule has 2 unspecified atom stereocenters. The molecule has 1 aromatic carbocycles. The fourth-order valence-corrected chi connectivity index (χ4v) is 2.58. The van der Waals surface area contributed by atoms with E-state index in [1.807, 2.05) is 0 Å². The third kappa shape index (κ3) is 3.36. The Morgan fingerprint density at radius 2 is 2.26 bits per heavy atom. The summed E-state index contributed by atoms with van der Waals surface area (Å²) in [4.78, 5) is 12.9. The van der Waals surface area contributed by atoms with E-state index in [2.05, 4.69) is 24.2 Å². The summed E-state index contributed by atoms with van der Waals surface area (Å²) in [5.41, 5.74) is 0.593. The highest BCUT2D eigenvalue weighted by atomic mass is 35.5. The molecule has 6 heteroatoms. The lowest BCUT2D eigenvalue weighted by Gasteiger charge is -2.35. The average Bonchev–Trinajstić information content (AvgIpc) is 2.36. The van der Waals surface area contributed by atoms with Crippen LogP contribution in [0.15, 0.2) is 18.2 Å². The van der Waals surface area contributed by atoms with Crippen LogP contribution < -0.4 is 5.32 Å². The molecule has 0 bridgehead atoms. The quantitative estimate of drug-likeness (QED) is 0.684. The van der Waals surface area contributed by atoms with Crippen molar-refractivity contribution in [3.63, 3.8) is 0 Å². The summed E-state index contributed by atoms with van der Waals surface area (Å²) >= 11 is 5.81. The second-order valence-corrected chi connectivity index (χ2v) is 5.55. The number of likely N-dealkylation sites (tertiary alicyclic amines) is 1. The summed E-state index contributed by atoms with van der Waals surface area (Å²) in [5, 5.41) is 14.7. The lowest BCUT2D eigenvalue weighted by Crippen LogP contribution is -2.42. The zero-order valence-electron chi connectivity index (χ0n) is 11.1. The number of nitrogens with one attached hydrogen (secondary N) is 1. The van der Waals surface area contributed by atoms with Gasteiger partial charge in [-0.3, -0.25) is 10.1 Å². The van der Waals surface area contributed by atoms with Crippen molar-refractivity contribution in [1.82, 2.24) is 4.90 Å². The van der Waals surface area contributed by atoms with Crippen LogP contribution in [0.4, 0.5) is 11.4 Å². The second-order valence-electron chi connectivity index (χ2n) is 5.11. The molecule has 1 aliphatic rings. The van der Waals surface area contributed by atoms with E-state index in [0.717, 1.165) is 19.4 Å². The van der Waals surface area contributed by atoms with E-state index >= 15 is 0 Å². The minimum absolute atomic E-state index is 0.0408. The minimum Gasteiger partial charge on any atom is -0.377 e. The van der Waals surface area contributed by atoms with Gasteiger partial charge in [-0.2, -0.15) is 0 Å². The van der Waals surface area contributed by atoms with Gasteiger partial charge in [-0.1, -0.05) is 11.6 Å². The molecule has 5 nitrogen and oxygen atoms in total. The maximum absolute atomic E-state index is 11.0. The van der Waals surface area contributed by atoms with Crippen molar-refractivity contribution in [3.8, 4) is 0 Å². The third-order valence-electron chi connectivity index (χ3n) is 3.72. The van der Waals surface area contributed by atoms with Gasteiger partial charge in [-0.25, -0.2) is 0 Å². The number of rotatable bonds is 3. The molecule has 0 saturated carbocycles. The number of nitrogens with zero attached hydrogens (tertiary/aromatic N) is 2. The Morgan fingerprint density at radius 1 is 1.53 bits per heavy atom. The van der Waals surface area contributed by atoms with Gasteiger partial charge in [-0.05, 0) is 38.9 Å². The maximum atomic E-state index is 11.0. The summed E-state index contributed by atoms with van der Waals surface area (Å²) in [6, 6.07) is 5.50. The Bertz CT molecular complexity index is 481. The summed E-state index contributed by atoms with van der Waals surface area (Å²) in [6.07, 6.45) is 1.97. The van der Waals surface area contributed by atoms with Gasteiger partial charge in [0.1, 0.15) is 5.69 Å². The molecular formula is C13H18ClN3O2. The monoisotopic (exact) mass is 283 g/mol. The molecule has 0 aromatic heterocycles. The molecule has 1 aliphatic heterocycles. The Morgan fingerprint density at radius 3 is 2.89 bits per heavy atom. The van der Waals surface area contributed by atoms with E-state index in [1.54, 1.807) is 12.1 Å². The highest BCUT2D eigenvalue weighted by Gasteiger charge is 2.24. The molecule has 104 valence electrons. The first-order chi connectivity index (χ1) is 8.97. The summed E-state index contributed by atoms with van der Waals surface area (Å²) in [6.45, 7) is 3.17. The Hall–Kier alpha value is -1.33. The largest absolute Gasteiger partial charge is 0.377 e. The lowest BCUT2D eigenvalue weighted by molar-refractivity contribution is -0.384. The predicted molar refractivity (Wildman–Crippen MR) is 76.8 cm³/mol. The van der Waals surface area contributed by atoms with Gasteiger partial charge in [0, 0.05) is 29.7 Å². The zero-order valence-corrected chi connectivity index (χ0v) is 11.9. The molecule has 0 radical (unpaired) electrons. The Labute approximate surface area is 117 Å². The summed E-state index contributed by atoms with van der Waals surface area (Å²) in [7, 11) is 2.10. The van der Waals surface area contributed by atoms with Crippen LogP contribution >= 0.6 is 11.6 Å². The molecule has 1 N–H and O–H groups in total. The first-order valence-electron chi connectivity index (χ1n) is 6.38. The van der Waals surface area contributed by atoms with Crippen molar-refractivity contribution >= 4 is 23.0 Å². The number of hydrogen-bond donors (Lipinski definition) is 1. The van der Waals surface area contributed by atoms with Crippen molar-refractivity contribution in [3.05, 3.63) is 33.3 Å². The standard InChI is InChI=1S/C13H18ClN3O2/c1-9-7-11(5-6-16(9)2)15-12-4-3-10(14)8-13(12)17(18)19/h3-4,8-9,11,15H,5-7H2,1-2H3. The normalized spacial score (nSPS) is 24.2. The highest BCUT2D eigenvalue weighted by molar-refractivity contribution is 6.30. The molecule has 1 heterocycles. The zero-order chi connectivity index (χ0) is 14.0. The number of nitro groups is 1. The van der Waals surface area contributed by atoms with Crippen LogP contribution in [0.25, 0.3) is 0 Å². The molecule has 1 fully saturated rings. The Kier molecular flexibility index (Phi) is 4.27. The number of anilines is 1. The summed E-state index contributed by atoms with van der Waals surface area (Å²) < 4.78 is 0. The van der Waals surface area contributed by atoms with Crippen LogP contribution in [0.2, 0.25) is 5.02 Å². The van der Waals surface area contributed by atoms with E-state index in [0.29, 0.717) is 16.8 Å². The SMILES string of the molecule is CC1CC(Nc2ccc(Cl)cc2[N+](=O)[O-])CCN1C. The second kappa shape index (κ2) is 5.75. The van der Waals surface area contributed by atoms with Crippen molar-refractivity contribution in [2.45, 2.75) is 31.8 Å². The highest BCUT2D eigenvalue weighted by Crippen LogP contribution is 2.30. The number of benzene rings is 1. The number of piperidine rings is 1. The number of hydrogen-bond acceptors (Lipinski definition) is 4. The molecule has 0 spiro atoms. The van der Waals surface area contributed by atoms with Gasteiger partial charge in [0.05, 0.1) is 4.92 Å². The molecule has 0 amide bonds. The van der Waals surface area contributed by atoms with E-state index < -0.39 is 4.92 Å². The molecule has 2 rings (SSSR count). The fourth-order valence-electron chi connectivity index (χ4n) is 2.42. The molecule has 19 heavy (non-hydrogen) atoms. The van der Waals surface area contributed by atoms with Crippen LogP contribution in [0, 0.1) is 10.1 Å². The molecular weight excluding hydrogens is 266 g/mol. The van der Waals surface area contributed by atoms with Gasteiger partial charge < -0.3 is 10.2 Å². The molecule has 1 saturated heterocycles. The predicted octanol–water partition coefficient (Wildman–Crippen LogP) is 3.14. The van der Waals surface area contributed by atoms with Crippen molar-refractivity contribution in [2.24, 2.45) is 0 Å². The van der Waals surface area contributed by atoms with E-state index in [1.165, 1.54) is 6.07 Å². The fraction of sp³-hybridized carbons (Fsp3) is 0.538. The van der Waals surface area contributed by atoms with E-state index in [9.17, 15) is 10.1 Å². The number of halogens is 1. The van der Waals surface area contributed by atoms with Crippen molar-refractivity contribution < 1.29 is 4.92 Å². The van der Waals surface area contributed by atoms with Crippen molar-refractivity contribution in [2.75, 3.05) is 18.9 Å². The topological polar surface area (TPSA) is 58.4 Å². The van der Waals surface area contributed by atoms with Crippen LogP contribution in [0.5, 0.6) is 0 Å². The van der Waals surface area contributed by atoms with Gasteiger partial charge in [-0.15, -0.1) is 0 Å². The van der Waals surface area contributed by atoms with E-state index in [-0.39, 0.29) is 11.7 Å². The summed E-state index contributed by atoms with van der Waals surface area (Å²) in [5.74, 6) is 0. The van der Waals surface area contributed by atoms with Crippen LogP contribution in [0.1, 0.15) is 19.8 Å². The maximum Gasteiger partial charge on any atom is 0.293 e. The van der Waals surface area contributed by atoms with Crippen LogP contribution in [-0.4, -0.2) is 35.5 Å². The molecule has 1 aromatic rings. The Balaban J connectivity index is 2.13. The molecule has 0 aliphatic carbocycles.